The monoisotopic (exact) mass is 309 g/mol. The molecule has 114 valence electrons. The van der Waals surface area contributed by atoms with E-state index in [4.69, 9.17) is 5.11 Å². The molecule has 0 spiro atoms. The van der Waals surface area contributed by atoms with Gasteiger partial charge in [0.1, 0.15) is 5.75 Å². The Kier molecular flexibility index (Phi) is 6.40. The predicted molar refractivity (Wildman–Crippen MR) is 81.2 cm³/mol. The molecule has 0 atom stereocenters. The number of aliphatic hydroxyl groups is 1. The summed E-state index contributed by atoms with van der Waals surface area (Å²) in [5.74, 6) is 4.83. The molecule has 1 aromatic carbocycles. The Balaban J connectivity index is 2.63. The number of amides is 1. The Bertz CT molecular complexity index is 638. The van der Waals surface area contributed by atoms with Gasteiger partial charge in [0.05, 0.1) is 6.61 Å². The number of carbonyl (C=O) groups is 1. The zero-order chi connectivity index (χ0) is 15.9. The molecule has 21 heavy (non-hydrogen) atoms. The first-order chi connectivity index (χ1) is 9.81. The van der Waals surface area contributed by atoms with Gasteiger partial charge in [0, 0.05) is 31.8 Å². The standard InChI is InChI=1S/C15H19NO4S/c1-16(15(18)12-21(2,19)20)11-14-8-6-13(7-9-14)5-3-4-10-17/h6-9,17H,4,10-12H2,1-2H3. The lowest BCUT2D eigenvalue weighted by atomic mass is 10.1. The third-order valence-electron chi connectivity index (χ3n) is 2.65. The molecule has 0 saturated heterocycles. The van der Waals surface area contributed by atoms with E-state index in [0.29, 0.717) is 13.0 Å². The molecular formula is C15H19NO4S. The number of hydrogen-bond acceptors (Lipinski definition) is 4. The highest BCUT2D eigenvalue weighted by Gasteiger charge is 2.15. The molecule has 0 aliphatic heterocycles. The number of aliphatic hydroxyl groups excluding tert-OH is 1. The third kappa shape index (κ3) is 6.93. The lowest BCUT2D eigenvalue weighted by Crippen LogP contribution is -2.31. The summed E-state index contributed by atoms with van der Waals surface area (Å²) >= 11 is 0. The van der Waals surface area contributed by atoms with Gasteiger partial charge in [-0.1, -0.05) is 24.0 Å². The summed E-state index contributed by atoms with van der Waals surface area (Å²) in [4.78, 5) is 13.1. The second kappa shape index (κ2) is 7.81. The zero-order valence-electron chi connectivity index (χ0n) is 12.2. The average molecular weight is 309 g/mol. The van der Waals surface area contributed by atoms with Gasteiger partial charge >= 0.3 is 0 Å². The Hall–Kier alpha value is -1.84. The maximum atomic E-state index is 11.7. The Morgan fingerprint density at radius 3 is 2.43 bits per heavy atom. The van der Waals surface area contributed by atoms with Crippen LogP contribution < -0.4 is 0 Å². The molecule has 1 aromatic rings. The van der Waals surface area contributed by atoms with E-state index in [2.05, 4.69) is 11.8 Å². The van der Waals surface area contributed by atoms with Crippen LogP contribution in [0.1, 0.15) is 17.5 Å². The van der Waals surface area contributed by atoms with Crippen LogP contribution in [0.4, 0.5) is 0 Å². The first kappa shape index (κ1) is 17.2. The van der Waals surface area contributed by atoms with Crippen LogP contribution in [0.25, 0.3) is 0 Å². The molecule has 0 unspecified atom stereocenters. The summed E-state index contributed by atoms with van der Waals surface area (Å²) < 4.78 is 22.2. The third-order valence-corrected chi connectivity index (χ3v) is 3.43. The molecule has 1 rings (SSSR count). The zero-order valence-corrected chi connectivity index (χ0v) is 13.0. The SMILES string of the molecule is CN(Cc1ccc(C#CCCO)cc1)C(=O)CS(C)(=O)=O. The van der Waals surface area contributed by atoms with Crippen molar-refractivity contribution in [1.82, 2.24) is 4.90 Å². The number of rotatable bonds is 5. The van der Waals surface area contributed by atoms with Gasteiger partial charge in [0.2, 0.25) is 5.91 Å². The molecule has 1 N–H and O–H groups in total. The van der Waals surface area contributed by atoms with E-state index >= 15 is 0 Å². The minimum atomic E-state index is -3.31. The number of carbonyl (C=O) groups excluding carboxylic acids is 1. The van der Waals surface area contributed by atoms with E-state index in [1.165, 1.54) is 4.90 Å². The molecule has 0 aromatic heterocycles. The van der Waals surface area contributed by atoms with Crippen LogP contribution in [0.15, 0.2) is 24.3 Å². The van der Waals surface area contributed by atoms with E-state index in [9.17, 15) is 13.2 Å². The van der Waals surface area contributed by atoms with Crippen molar-refractivity contribution in [1.29, 1.82) is 0 Å². The molecule has 0 saturated carbocycles. The highest BCUT2D eigenvalue weighted by molar-refractivity contribution is 7.91. The second-order valence-corrected chi connectivity index (χ2v) is 6.93. The van der Waals surface area contributed by atoms with Crippen molar-refractivity contribution in [3.8, 4) is 11.8 Å². The molecule has 0 bridgehead atoms. The van der Waals surface area contributed by atoms with Gasteiger partial charge in [-0.2, -0.15) is 0 Å². The van der Waals surface area contributed by atoms with Crippen molar-refractivity contribution in [2.75, 3.05) is 25.7 Å². The summed E-state index contributed by atoms with van der Waals surface area (Å²) in [5.41, 5.74) is 1.73. The summed E-state index contributed by atoms with van der Waals surface area (Å²) in [7, 11) is -1.74. The fraction of sp³-hybridized carbons (Fsp3) is 0.400. The Labute approximate surface area is 125 Å². The normalized spacial score (nSPS) is 10.6. The topological polar surface area (TPSA) is 74.7 Å². The highest BCUT2D eigenvalue weighted by atomic mass is 32.2. The summed E-state index contributed by atoms with van der Waals surface area (Å²) in [6, 6.07) is 7.34. The van der Waals surface area contributed by atoms with E-state index in [1.807, 2.05) is 24.3 Å². The predicted octanol–water partition coefficient (Wildman–Crippen LogP) is 0.424. The quantitative estimate of drug-likeness (QED) is 0.800. The molecular weight excluding hydrogens is 290 g/mol. The molecule has 0 aliphatic rings. The van der Waals surface area contributed by atoms with Crippen LogP contribution in [0, 0.1) is 11.8 Å². The van der Waals surface area contributed by atoms with Crippen molar-refractivity contribution in [3.05, 3.63) is 35.4 Å². The van der Waals surface area contributed by atoms with Gasteiger partial charge in [0.25, 0.3) is 0 Å². The van der Waals surface area contributed by atoms with Gasteiger partial charge < -0.3 is 10.0 Å². The molecule has 1 amide bonds. The molecule has 5 nitrogen and oxygen atoms in total. The van der Waals surface area contributed by atoms with Crippen LogP contribution >= 0.6 is 0 Å². The van der Waals surface area contributed by atoms with E-state index in [-0.39, 0.29) is 6.61 Å². The molecule has 0 radical (unpaired) electrons. The molecule has 0 fully saturated rings. The fourth-order valence-electron chi connectivity index (χ4n) is 1.61. The van der Waals surface area contributed by atoms with Crippen molar-refractivity contribution in [2.45, 2.75) is 13.0 Å². The van der Waals surface area contributed by atoms with Crippen LogP contribution in [0.5, 0.6) is 0 Å². The lowest BCUT2D eigenvalue weighted by molar-refractivity contribution is -0.127. The van der Waals surface area contributed by atoms with Crippen LogP contribution in [-0.2, 0) is 21.2 Å². The maximum Gasteiger partial charge on any atom is 0.237 e. The molecule has 6 heteroatoms. The number of hydrogen-bond donors (Lipinski definition) is 1. The Morgan fingerprint density at radius 2 is 1.90 bits per heavy atom. The fourth-order valence-corrected chi connectivity index (χ4v) is 2.28. The smallest absolute Gasteiger partial charge is 0.237 e. The van der Waals surface area contributed by atoms with Crippen LogP contribution in [-0.4, -0.2) is 50.0 Å². The van der Waals surface area contributed by atoms with Gasteiger partial charge in [-0.25, -0.2) is 8.42 Å². The second-order valence-electron chi connectivity index (χ2n) is 4.79. The molecule has 0 aliphatic carbocycles. The Morgan fingerprint density at radius 1 is 1.29 bits per heavy atom. The van der Waals surface area contributed by atoms with Crippen molar-refractivity contribution in [2.24, 2.45) is 0 Å². The highest BCUT2D eigenvalue weighted by Crippen LogP contribution is 2.07. The van der Waals surface area contributed by atoms with Crippen LogP contribution in [0.2, 0.25) is 0 Å². The number of benzene rings is 1. The van der Waals surface area contributed by atoms with E-state index in [0.717, 1.165) is 17.4 Å². The van der Waals surface area contributed by atoms with Gasteiger partial charge in [-0.3, -0.25) is 4.79 Å². The largest absolute Gasteiger partial charge is 0.395 e. The van der Waals surface area contributed by atoms with Crippen molar-refractivity contribution < 1.29 is 18.3 Å². The van der Waals surface area contributed by atoms with E-state index in [1.54, 1.807) is 7.05 Å². The van der Waals surface area contributed by atoms with E-state index < -0.39 is 21.5 Å². The van der Waals surface area contributed by atoms with Crippen molar-refractivity contribution >= 4 is 15.7 Å². The van der Waals surface area contributed by atoms with Gasteiger partial charge in [-0.05, 0) is 17.7 Å². The summed E-state index contributed by atoms with van der Waals surface area (Å²) in [5, 5.41) is 8.64. The minimum Gasteiger partial charge on any atom is -0.395 e. The first-order valence-corrected chi connectivity index (χ1v) is 8.48. The van der Waals surface area contributed by atoms with Gasteiger partial charge in [0.15, 0.2) is 9.84 Å². The van der Waals surface area contributed by atoms with Crippen LogP contribution in [0.3, 0.4) is 0 Å². The summed E-state index contributed by atoms with van der Waals surface area (Å²) in [6.45, 7) is 0.386. The summed E-state index contributed by atoms with van der Waals surface area (Å²) in [6.07, 6.45) is 1.48. The first-order valence-electron chi connectivity index (χ1n) is 6.42. The minimum absolute atomic E-state index is 0.0400. The average Bonchev–Trinajstić information content (AvgIpc) is 2.39. The van der Waals surface area contributed by atoms with Crippen molar-refractivity contribution in [3.63, 3.8) is 0 Å². The maximum absolute atomic E-state index is 11.7. The van der Waals surface area contributed by atoms with Gasteiger partial charge in [-0.15, -0.1) is 0 Å². The lowest BCUT2D eigenvalue weighted by Gasteiger charge is -2.16. The number of sulfone groups is 1. The number of nitrogens with zero attached hydrogens (tertiary/aromatic N) is 1. The molecule has 0 heterocycles.